The zero-order valence-electron chi connectivity index (χ0n) is 25.3. The summed E-state index contributed by atoms with van der Waals surface area (Å²) in [6, 6.07) is 12.2. The molecule has 1 unspecified atom stereocenters. The number of imidazole rings is 1. The maximum atomic E-state index is 14.6. The van der Waals surface area contributed by atoms with Gasteiger partial charge in [0.1, 0.15) is 29.5 Å². The van der Waals surface area contributed by atoms with E-state index < -0.39 is 23.6 Å². The van der Waals surface area contributed by atoms with Crippen molar-refractivity contribution < 1.29 is 31.4 Å². The Labute approximate surface area is 270 Å². The summed E-state index contributed by atoms with van der Waals surface area (Å²) >= 11 is 0. The van der Waals surface area contributed by atoms with Crippen molar-refractivity contribution in [1.29, 1.82) is 5.26 Å². The molecule has 2 aliphatic heterocycles. The largest absolute Gasteiger partial charge is 0.486 e. The molecule has 0 spiro atoms. The minimum atomic E-state index is -4.67. The summed E-state index contributed by atoms with van der Waals surface area (Å²) in [5.41, 5.74) is 2.38. The number of aromatic nitrogens is 7. The number of aromatic amines is 1. The third-order valence-electron chi connectivity index (χ3n) is 8.69. The normalized spacial score (nSPS) is 17.4. The van der Waals surface area contributed by atoms with E-state index in [1.807, 2.05) is 10.6 Å². The number of H-pyrrole nitrogens is 1. The smallest absolute Gasteiger partial charge is 0.451 e. The summed E-state index contributed by atoms with van der Waals surface area (Å²) in [6.07, 6.45) is -2.20. The van der Waals surface area contributed by atoms with E-state index in [1.165, 1.54) is 18.2 Å². The molecule has 11 nitrogen and oxygen atoms in total. The molecule has 48 heavy (non-hydrogen) atoms. The molecule has 0 bridgehead atoms. The van der Waals surface area contributed by atoms with Crippen LogP contribution in [-0.4, -0.2) is 65.6 Å². The van der Waals surface area contributed by atoms with E-state index in [9.17, 15) is 22.0 Å². The fourth-order valence-electron chi connectivity index (χ4n) is 5.94. The van der Waals surface area contributed by atoms with Crippen molar-refractivity contribution in [2.75, 3.05) is 19.7 Å². The van der Waals surface area contributed by atoms with E-state index in [0.717, 1.165) is 49.8 Å². The lowest BCUT2D eigenvalue weighted by Gasteiger charge is -2.32. The van der Waals surface area contributed by atoms with Gasteiger partial charge in [0.2, 0.25) is 5.82 Å². The average Bonchev–Trinajstić information content (AvgIpc) is 3.68. The van der Waals surface area contributed by atoms with Crippen molar-refractivity contribution >= 4 is 11.2 Å². The van der Waals surface area contributed by atoms with Crippen molar-refractivity contribution in [1.82, 2.24) is 39.8 Å². The van der Waals surface area contributed by atoms with Gasteiger partial charge in [0.05, 0.1) is 30.8 Å². The van der Waals surface area contributed by atoms with Crippen LogP contribution in [0.5, 0.6) is 5.75 Å². The molecule has 2 saturated heterocycles. The molecule has 1 atom stereocenters. The summed E-state index contributed by atoms with van der Waals surface area (Å²) in [4.78, 5) is 9.20. The second-order valence-corrected chi connectivity index (χ2v) is 11.8. The molecule has 16 heteroatoms. The zero-order chi connectivity index (χ0) is 33.4. The van der Waals surface area contributed by atoms with Gasteiger partial charge in [-0.05, 0) is 74.2 Å². The minimum absolute atomic E-state index is 0.000255. The Morgan fingerprint density at radius 2 is 1.79 bits per heavy atom. The quantitative estimate of drug-likeness (QED) is 0.202. The van der Waals surface area contributed by atoms with Gasteiger partial charge in [0, 0.05) is 12.2 Å². The molecule has 0 saturated carbocycles. The van der Waals surface area contributed by atoms with E-state index in [4.69, 9.17) is 19.7 Å². The molecular formula is C32H28F5N9O2. The molecular weight excluding hydrogens is 637 g/mol. The van der Waals surface area contributed by atoms with Gasteiger partial charge in [-0.15, -0.1) is 20.4 Å². The van der Waals surface area contributed by atoms with Crippen LogP contribution in [0.2, 0.25) is 0 Å². The van der Waals surface area contributed by atoms with Gasteiger partial charge in [-0.1, -0.05) is 12.1 Å². The van der Waals surface area contributed by atoms with Gasteiger partial charge in [-0.25, -0.2) is 13.8 Å². The van der Waals surface area contributed by atoms with Crippen LogP contribution in [0, 0.1) is 23.0 Å². The molecule has 0 amide bonds. The van der Waals surface area contributed by atoms with Gasteiger partial charge in [0.15, 0.2) is 23.0 Å². The lowest BCUT2D eigenvalue weighted by Crippen LogP contribution is -2.35. The van der Waals surface area contributed by atoms with Crippen molar-refractivity contribution in [3.63, 3.8) is 0 Å². The molecule has 5 aromatic rings. The topological polar surface area (TPSA) is 131 Å². The number of likely N-dealkylation sites (tertiary alicyclic amines) is 1. The van der Waals surface area contributed by atoms with Gasteiger partial charge >= 0.3 is 6.18 Å². The van der Waals surface area contributed by atoms with Gasteiger partial charge < -0.3 is 19.0 Å². The van der Waals surface area contributed by atoms with E-state index in [0.29, 0.717) is 30.9 Å². The van der Waals surface area contributed by atoms with Crippen LogP contribution in [0.15, 0.2) is 42.5 Å². The number of nitrogens with one attached hydrogen (secondary N) is 1. The Bertz CT molecular complexity index is 1990. The number of halogens is 5. The number of ether oxygens (including phenoxy) is 2. The summed E-state index contributed by atoms with van der Waals surface area (Å²) in [5.74, 6) is -1.61. The molecule has 2 aliphatic rings. The van der Waals surface area contributed by atoms with Crippen molar-refractivity contribution in [3.8, 4) is 23.3 Å². The number of hydrogen-bond donors (Lipinski definition) is 1. The third-order valence-corrected chi connectivity index (χ3v) is 8.69. The van der Waals surface area contributed by atoms with Gasteiger partial charge in [0.25, 0.3) is 0 Å². The molecule has 3 aromatic heterocycles. The molecule has 248 valence electrons. The number of rotatable bonds is 9. The van der Waals surface area contributed by atoms with E-state index in [1.54, 1.807) is 18.2 Å². The Kier molecular flexibility index (Phi) is 8.48. The highest BCUT2D eigenvalue weighted by Gasteiger charge is 2.36. The molecule has 2 aromatic carbocycles. The number of hydrogen-bond acceptors (Lipinski definition) is 9. The Balaban J connectivity index is 1.04. The Morgan fingerprint density at radius 3 is 2.48 bits per heavy atom. The predicted molar refractivity (Wildman–Crippen MR) is 159 cm³/mol. The first kappa shape index (κ1) is 31.6. The number of nitrogens with zero attached hydrogens (tertiary/aromatic N) is 8. The van der Waals surface area contributed by atoms with Crippen LogP contribution >= 0.6 is 0 Å². The van der Waals surface area contributed by atoms with Crippen LogP contribution < -0.4 is 4.74 Å². The zero-order valence-corrected chi connectivity index (χ0v) is 25.3. The van der Waals surface area contributed by atoms with E-state index >= 15 is 0 Å². The molecule has 5 heterocycles. The highest BCUT2D eigenvalue weighted by atomic mass is 19.4. The fourth-order valence-corrected chi connectivity index (χ4v) is 5.94. The standard InChI is InChI=1S/C32H28F5N9O2/c33-23-4-3-20(12-27(23)48-17-21-2-1-18(14-38)11-24(21)34)19-5-8-45(9-6-19)16-28-39-26-13-25(29-40-31(44-42-29)32(35,36)37)41-43-30(26)46(28)15-22-7-10-47-22/h1-4,11-13,19,22H,5-10,15-17H2,(H,40,42,44). The number of nitriles is 1. The Morgan fingerprint density at radius 1 is 0.979 bits per heavy atom. The van der Waals surface area contributed by atoms with E-state index in [2.05, 4.69) is 30.3 Å². The summed E-state index contributed by atoms with van der Waals surface area (Å²) in [5, 5.41) is 24.1. The maximum Gasteiger partial charge on any atom is 0.451 e. The fraction of sp³-hybridized carbons (Fsp3) is 0.375. The van der Waals surface area contributed by atoms with Gasteiger partial charge in [-0.2, -0.15) is 18.4 Å². The molecule has 0 radical (unpaired) electrons. The first-order valence-electron chi connectivity index (χ1n) is 15.3. The summed E-state index contributed by atoms with van der Waals surface area (Å²) in [7, 11) is 0. The SMILES string of the molecule is N#Cc1ccc(COc2cc(C3CCN(Cc4nc5cc(-c6nnc(C(F)(F)F)[nH]6)nnc5n4CC4CCO4)CC3)ccc2F)c(F)c1. The van der Waals surface area contributed by atoms with Crippen molar-refractivity contribution in [2.45, 2.75) is 57.2 Å². The minimum Gasteiger partial charge on any atom is -0.486 e. The monoisotopic (exact) mass is 665 g/mol. The Hall–Kier alpha value is -5.01. The van der Waals surface area contributed by atoms with Crippen LogP contribution in [0.3, 0.4) is 0 Å². The van der Waals surface area contributed by atoms with Crippen LogP contribution in [0.4, 0.5) is 22.0 Å². The lowest BCUT2D eigenvalue weighted by molar-refractivity contribution is -0.144. The van der Waals surface area contributed by atoms with Crippen molar-refractivity contribution in [3.05, 3.63) is 82.4 Å². The van der Waals surface area contributed by atoms with Crippen LogP contribution in [-0.2, 0) is 30.6 Å². The number of alkyl halides is 3. The number of piperidine rings is 1. The first-order valence-corrected chi connectivity index (χ1v) is 15.3. The maximum absolute atomic E-state index is 14.6. The summed E-state index contributed by atoms with van der Waals surface area (Å²) in [6.45, 7) is 2.97. The third kappa shape index (κ3) is 6.56. The highest BCUT2D eigenvalue weighted by Crippen LogP contribution is 2.33. The highest BCUT2D eigenvalue weighted by molar-refractivity contribution is 5.75. The lowest BCUT2D eigenvalue weighted by atomic mass is 9.89. The second kappa shape index (κ2) is 12.9. The first-order chi connectivity index (χ1) is 23.1. The van der Waals surface area contributed by atoms with Crippen molar-refractivity contribution in [2.24, 2.45) is 0 Å². The van der Waals surface area contributed by atoms with E-state index in [-0.39, 0.29) is 47.0 Å². The van der Waals surface area contributed by atoms with Crippen LogP contribution in [0.1, 0.15) is 53.5 Å². The van der Waals surface area contributed by atoms with Gasteiger partial charge in [-0.3, -0.25) is 4.90 Å². The number of benzene rings is 2. The average molecular weight is 666 g/mol. The summed E-state index contributed by atoms with van der Waals surface area (Å²) < 4.78 is 81.3. The molecule has 1 N–H and O–H groups in total. The molecule has 7 rings (SSSR count). The van der Waals surface area contributed by atoms with Crippen LogP contribution in [0.25, 0.3) is 22.7 Å². The predicted octanol–water partition coefficient (Wildman–Crippen LogP) is 5.53. The second-order valence-electron chi connectivity index (χ2n) is 11.8. The number of fused-ring (bicyclic) bond motifs is 1. The molecule has 0 aliphatic carbocycles. The molecule has 2 fully saturated rings.